The first-order valence-electron chi connectivity index (χ1n) is 7.90. The second kappa shape index (κ2) is 7.20. The highest BCUT2D eigenvalue weighted by atomic mass is 32.2. The summed E-state index contributed by atoms with van der Waals surface area (Å²) in [6.07, 6.45) is 1.58. The van der Waals surface area contributed by atoms with Gasteiger partial charge in [0.15, 0.2) is 11.6 Å². The van der Waals surface area contributed by atoms with Gasteiger partial charge in [-0.3, -0.25) is 0 Å². The van der Waals surface area contributed by atoms with Gasteiger partial charge >= 0.3 is 0 Å². The Hall–Kier alpha value is -3.20. The third-order valence-electron chi connectivity index (χ3n) is 3.77. The number of oxazole rings is 1. The monoisotopic (exact) mass is 385 g/mol. The van der Waals surface area contributed by atoms with Crippen molar-refractivity contribution in [2.75, 3.05) is 5.84 Å². The SMILES string of the molecule is Nn1c(SCc2ncc(-c3ccc(F)cc3)o2)nnc1-c1ccc(F)cc1. The summed E-state index contributed by atoms with van der Waals surface area (Å²) in [5.74, 6) is 7.23. The quantitative estimate of drug-likeness (QED) is 0.415. The summed E-state index contributed by atoms with van der Waals surface area (Å²) in [7, 11) is 0. The summed E-state index contributed by atoms with van der Waals surface area (Å²) in [5.41, 5.74) is 1.40. The molecule has 0 radical (unpaired) electrons. The topological polar surface area (TPSA) is 82.8 Å². The molecule has 0 saturated heterocycles. The lowest BCUT2D eigenvalue weighted by Crippen LogP contribution is -2.11. The number of hydrogen-bond donors (Lipinski definition) is 1. The minimum Gasteiger partial charge on any atom is -0.440 e. The molecule has 2 N–H and O–H groups in total. The summed E-state index contributed by atoms with van der Waals surface area (Å²) in [6.45, 7) is 0. The van der Waals surface area contributed by atoms with Crippen molar-refractivity contribution in [1.82, 2.24) is 19.9 Å². The first-order valence-corrected chi connectivity index (χ1v) is 8.88. The number of nitrogen functional groups attached to an aromatic ring is 1. The van der Waals surface area contributed by atoms with Crippen molar-refractivity contribution in [2.24, 2.45) is 0 Å². The maximum absolute atomic E-state index is 13.0. The molecule has 2 aromatic carbocycles. The Morgan fingerprint density at radius 1 is 0.926 bits per heavy atom. The zero-order valence-corrected chi connectivity index (χ0v) is 14.7. The number of halogens is 2. The molecule has 4 rings (SSSR count). The molecule has 136 valence electrons. The molecule has 9 heteroatoms. The fourth-order valence-corrected chi connectivity index (χ4v) is 3.13. The zero-order chi connectivity index (χ0) is 18.8. The number of thioether (sulfide) groups is 1. The van der Waals surface area contributed by atoms with Crippen molar-refractivity contribution < 1.29 is 13.2 Å². The molecule has 0 fully saturated rings. The van der Waals surface area contributed by atoms with E-state index in [9.17, 15) is 8.78 Å². The summed E-state index contributed by atoms with van der Waals surface area (Å²) < 4.78 is 33.1. The highest BCUT2D eigenvalue weighted by molar-refractivity contribution is 7.98. The first-order chi connectivity index (χ1) is 13.1. The first kappa shape index (κ1) is 17.2. The molecular weight excluding hydrogens is 372 g/mol. The van der Waals surface area contributed by atoms with Gasteiger partial charge in [0.05, 0.1) is 11.9 Å². The van der Waals surface area contributed by atoms with Crippen molar-refractivity contribution >= 4 is 11.8 Å². The van der Waals surface area contributed by atoms with E-state index in [2.05, 4.69) is 15.2 Å². The van der Waals surface area contributed by atoms with Crippen LogP contribution in [-0.4, -0.2) is 19.9 Å². The minimum absolute atomic E-state index is 0.312. The molecule has 2 aromatic heterocycles. The van der Waals surface area contributed by atoms with Crippen molar-refractivity contribution in [3.05, 3.63) is 72.3 Å². The van der Waals surface area contributed by atoms with E-state index in [1.807, 2.05) is 0 Å². The number of nitrogens with two attached hydrogens (primary N) is 1. The van der Waals surface area contributed by atoms with Crippen LogP contribution < -0.4 is 5.84 Å². The molecule has 4 aromatic rings. The molecule has 0 aliphatic carbocycles. The van der Waals surface area contributed by atoms with Gasteiger partial charge in [0.25, 0.3) is 0 Å². The summed E-state index contributed by atoms with van der Waals surface area (Å²) in [6, 6.07) is 11.8. The lowest BCUT2D eigenvalue weighted by Gasteiger charge is -2.02. The fourth-order valence-electron chi connectivity index (χ4n) is 2.42. The molecule has 0 bridgehead atoms. The largest absolute Gasteiger partial charge is 0.440 e. The van der Waals surface area contributed by atoms with Gasteiger partial charge in [-0.25, -0.2) is 18.4 Å². The third-order valence-corrected chi connectivity index (χ3v) is 4.70. The van der Waals surface area contributed by atoms with Gasteiger partial charge < -0.3 is 10.3 Å². The lowest BCUT2D eigenvalue weighted by atomic mass is 10.2. The normalized spacial score (nSPS) is 11.0. The van der Waals surface area contributed by atoms with Crippen LogP contribution in [0.3, 0.4) is 0 Å². The molecule has 0 spiro atoms. The lowest BCUT2D eigenvalue weighted by molar-refractivity contribution is 0.529. The van der Waals surface area contributed by atoms with Gasteiger partial charge in [-0.05, 0) is 48.5 Å². The second-order valence-electron chi connectivity index (χ2n) is 5.60. The second-order valence-corrected chi connectivity index (χ2v) is 6.54. The molecule has 6 nitrogen and oxygen atoms in total. The van der Waals surface area contributed by atoms with Crippen LogP contribution in [0.2, 0.25) is 0 Å². The highest BCUT2D eigenvalue weighted by Gasteiger charge is 2.14. The Balaban J connectivity index is 1.46. The van der Waals surface area contributed by atoms with Crippen LogP contribution in [0.15, 0.2) is 64.3 Å². The van der Waals surface area contributed by atoms with Crippen molar-refractivity contribution in [1.29, 1.82) is 0 Å². The van der Waals surface area contributed by atoms with E-state index in [-0.39, 0.29) is 11.6 Å². The summed E-state index contributed by atoms with van der Waals surface area (Å²) in [5, 5.41) is 8.57. The van der Waals surface area contributed by atoms with Crippen LogP contribution in [0.25, 0.3) is 22.7 Å². The van der Waals surface area contributed by atoms with Crippen LogP contribution in [0.5, 0.6) is 0 Å². The molecular formula is C18H13F2N5OS. The fraction of sp³-hybridized carbons (Fsp3) is 0.0556. The Labute approximate surface area is 157 Å². The molecule has 0 unspecified atom stereocenters. The maximum atomic E-state index is 13.0. The van der Waals surface area contributed by atoms with Gasteiger partial charge in [-0.15, -0.1) is 10.2 Å². The number of hydrogen-bond acceptors (Lipinski definition) is 6. The number of benzene rings is 2. The predicted octanol–water partition coefficient (Wildman–Crippen LogP) is 3.88. The van der Waals surface area contributed by atoms with Crippen molar-refractivity contribution in [3.63, 3.8) is 0 Å². The van der Waals surface area contributed by atoms with Gasteiger partial charge in [-0.1, -0.05) is 11.8 Å². The van der Waals surface area contributed by atoms with Crippen LogP contribution in [-0.2, 0) is 5.75 Å². The van der Waals surface area contributed by atoms with Gasteiger partial charge in [0, 0.05) is 11.1 Å². The Kier molecular flexibility index (Phi) is 4.59. The molecule has 2 heterocycles. The van der Waals surface area contributed by atoms with E-state index in [4.69, 9.17) is 10.3 Å². The molecule has 0 amide bonds. The van der Waals surface area contributed by atoms with Gasteiger partial charge in [0.2, 0.25) is 11.0 Å². The van der Waals surface area contributed by atoms with Crippen molar-refractivity contribution in [3.8, 4) is 22.7 Å². The molecule has 0 aliphatic heterocycles. The van der Waals surface area contributed by atoms with E-state index in [0.717, 1.165) is 5.56 Å². The van der Waals surface area contributed by atoms with Gasteiger partial charge in [0.1, 0.15) is 11.6 Å². The maximum Gasteiger partial charge on any atom is 0.210 e. The molecule has 0 atom stereocenters. The smallest absolute Gasteiger partial charge is 0.210 e. The van der Waals surface area contributed by atoms with Gasteiger partial charge in [-0.2, -0.15) is 0 Å². The van der Waals surface area contributed by atoms with E-state index in [0.29, 0.717) is 33.9 Å². The Morgan fingerprint density at radius 2 is 1.56 bits per heavy atom. The molecule has 27 heavy (non-hydrogen) atoms. The van der Waals surface area contributed by atoms with Crippen molar-refractivity contribution in [2.45, 2.75) is 10.9 Å². The number of aromatic nitrogens is 4. The zero-order valence-electron chi connectivity index (χ0n) is 13.8. The Bertz CT molecular complexity index is 1060. The number of nitrogens with zero attached hydrogens (tertiary/aromatic N) is 4. The highest BCUT2D eigenvalue weighted by Crippen LogP contribution is 2.26. The average molecular weight is 385 g/mol. The standard InChI is InChI=1S/C18H13F2N5OS/c19-13-5-1-11(2-6-13)15-9-22-16(26-15)10-27-18-24-23-17(25(18)21)12-3-7-14(20)8-4-12/h1-9H,10,21H2. The van der Waals surface area contributed by atoms with Crippen LogP contribution in [0, 0.1) is 11.6 Å². The molecule has 0 aliphatic rings. The van der Waals surface area contributed by atoms with Crippen LogP contribution in [0.4, 0.5) is 8.78 Å². The molecule has 0 saturated carbocycles. The van der Waals surface area contributed by atoms with E-state index < -0.39 is 0 Å². The number of rotatable bonds is 5. The Morgan fingerprint density at radius 3 is 2.22 bits per heavy atom. The summed E-state index contributed by atoms with van der Waals surface area (Å²) >= 11 is 1.30. The van der Waals surface area contributed by atoms with E-state index in [1.165, 1.54) is 40.7 Å². The van der Waals surface area contributed by atoms with Crippen LogP contribution >= 0.6 is 11.8 Å². The van der Waals surface area contributed by atoms with Crippen LogP contribution in [0.1, 0.15) is 5.89 Å². The minimum atomic E-state index is -0.336. The average Bonchev–Trinajstić information content (AvgIpc) is 3.28. The van der Waals surface area contributed by atoms with E-state index in [1.54, 1.807) is 30.5 Å². The van der Waals surface area contributed by atoms with E-state index >= 15 is 0 Å². The third kappa shape index (κ3) is 3.68. The predicted molar refractivity (Wildman–Crippen MR) is 97.0 cm³/mol. The summed E-state index contributed by atoms with van der Waals surface area (Å²) in [4.78, 5) is 4.21.